The smallest absolute Gasteiger partial charge is 0.235 e. The molecule has 0 atom stereocenters. The van der Waals surface area contributed by atoms with E-state index in [4.69, 9.17) is 15.2 Å². The summed E-state index contributed by atoms with van der Waals surface area (Å²) in [6, 6.07) is 17.9. The second-order valence-electron chi connectivity index (χ2n) is 8.21. The molecule has 30 heavy (non-hydrogen) atoms. The number of carbonyl (C=O) groups excluding carboxylic acids is 1. The number of anilines is 2. The van der Waals surface area contributed by atoms with E-state index in [-0.39, 0.29) is 14.1 Å². The fourth-order valence-corrected chi connectivity index (χ4v) is 4.04. The zero-order valence-electron chi connectivity index (χ0n) is 17.1. The van der Waals surface area contributed by atoms with Gasteiger partial charge in [-0.25, -0.2) is 0 Å². The molecule has 1 aliphatic heterocycles. The average Bonchev–Trinajstić information content (AvgIpc) is 3.42. The van der Waals surface area contributed by atoms with Crippen molar-refractivity contribution in [3.8, 4) is 22.6 Å². The maximum Gasteiger partial charge on any atom is 0.235 e. The van der Waals surface area contributed by atoms with Crippen LogP contribution in [0.4, 0.5) is 11.4 Å². The molecule has 0 unspecified atom stereocenters. The van der Waals surface area contributed by atoms with Crippen molar-refractivity contribution < 1.29 is 15.7 Å². The molecule has 3 N–H and O–H groups in total. The van der Waals surface area contributed by atoms with Crippen LogP contribution >= 0.6 is 0 Å². The van der Waals surface area contributed by atoms with Gasteiger partial charge in [0, 0.05) is 12.8 Å². The quantitative estimate of drug-likeness (QED) is 0.589. The molecule has 0 radical (unpaired) electrons. The van der Waals surface area contributed by atoms with Crippen molar-refractivity contribution in [1.29, 1.82) is 0 Å². The minimum atomic E-state index is -0.500. The molecule has 5 heteroatoms. The molecule has 154 valence electrons. The number of hydrogen-bond acceptors (Lipinski definition) is 4. The Labute approximate surface area is 177 Å². The van der Waals surface area contributed by atoms with Crippen LogP contribution < -0.4 is 20.5 Å². The molecule has 3 aromatic carbocycles. The van der Waals surface area contributed by atoms with Crippen LogP contribution in [0.2, 0.25) is 0 Å². The Morgan fingerprint density at radius 1 is 0.967 bits per heavy atom. The highest BCUT2D eigenvalue weighted by atomic mass is 16.7. The van der Waals surface area contributed by atoms with Gasteiger partial charge in [-0.1, -0.05) is 24.3 Å². The van der Waals surface area contributed by atoms with Crippen LogP contribution in [-0.4, -0.2) is 12.7 Å². The molecule has 3 aromatic rings. The van der Waals surface area contributed by atoms with Gasteiger partial charge < -0.3 is 20.5 Å². The van der Waals surface area contributed by atoms with Crippen LogP contribution in [0.25, 0.3) is 11.1 Å². The lowest BCUT2D eigenvalue weighted by molar-refractivity contribution is -0.118. The van der Waals surface area contributed by atoms with E-state index in [0.29, 0.717) is 5.75 Å². The Bertz CT molecular complexity index is 1170. The number of benzene rings is 3. The second kappa shape index (κ2) is 6.80. The molecule has 2 aliphatic rings. The molecular weight excluding hydrogens is 376 g/mol. The number of hydrogen-bond donors (Lipinski definition) is 2. The highest BCUT2D eigenvalue weighted by Gasteiger charge is 2.51. The highest BCUT2D eigenvalue weighted by Crippen LogP contribution is 2.51. The van der Waals surface area contributed by atoms with Gasteiger partial charge in [-0.3, -0.25) is 4.79 Å². The van der Waals surface area contributed by atoms with Gasteiger partial charge in [0.2, 0.25) is 12.7 Å². The van der Waals surface area contributed by atoms with Crippen LogP contribution in [0, 0.1) is 13.8 Å². The molecule has 1 saturated carbocycles. The fraction of sp³-hybridized carbons (Fsp3) is 0.240. The Morgan fingerprint density at radius 2 is 1.73 bits per heavy atom. The van der Waals surface area contributed by atoms with E-state index < -0.39 is 5.41 Å². The number of ether oxygens (including phenoxy) is 2. The first-order chi connectivity index (χ1) is 14.5. The van der Waals surface area contributed by atoms with E-state index in [1.165, 1.54) is 0 Å². The van der Waals surface area contributed by atoms with E-state index in [0.717, 1.165) is 57.8 Å². The summed E-state index contributed by atoms with van der Waals surface area (Å²) in [5.74, 6) is 1.45. The Morgan fingerprint density at radius 3 is 2.50 bits per heavy atom. The number of carbonyl (C=O) groups is 1. The van der Waals surface area contributed by atoms with Crippen molar-refractivity contribution >= 4 is 17.3 Å². The molecule has 1 amide bonds. The van der Waals surface area contributed by atoms with Gasteiger partial charge in [-0.2, -0.15) is 0 Å². The van der Waals surface area contributed by atoms with Crippen molar-refractivity contribution in [2.24, 2.45) is 0 Å². The van der Waals surface area contributed by atoms with E-state index in [1.807, 2.05) is 55.5 Å². The molecular formula is C25H26N2O3. The van der Waals surface area contributed by atoms with Gasteiger partial charge in [0.05, 0.1) is 5.41 Å². The Balaban J connectivity index is 0.00000231. The van der Waals surface area contributed by atoms with Gasteiger partial charge in [-0.05, 0) is 84.8 Å². The van der Waals surface area contributed by atoms with E-state index >= 15 is 0 Å². The van der Waals surface area contributed by atoms with Crippen molar-refractivity contribution in [1.82, 2.24) is 0 Å². The minimum Gasteiger partial charge on any atom is -0.454 e. The zero-order chi connectivity index (χ0) is 20.9. The fourth-order valence-electron chi connectivity index (χ4n) is 4.04. The normalized spacial score (nSPS) is 15.7. The van der Waals surface area contributed by atoms with Crippen LogP contribution in [0.15, 0.2) is 54.6 Å². The van der Waals surface area contributed by atoms with Crippen LogP contribution in [0.3, 0.4) is 0 Å². The van der Waals surface area contributed by atoms with Crippen molar-refractivity contribution in [3.05, 3.63) is 71.3 Å². The number of fused-ring (bicyclic) bond motifs is 1. The van der Waals surface area contributed by atoms with E-state index in [1.54, 1.807) is 0 Å². The van der Waals surface area contributed by atoms with E-state index in [9.17, 15) is 4.79 Å². The van der Waals surface area contributed by atoms with Gasteiger partial charge in [-0.15, -0.1) is 0 Å². The minimum absolute atomic E-state index is 0. The number of nitrogen functional groups attached to an aromatic ring is 1. The van der Waals surface area contributed by atoms with Crippen LogP contribution in [-0.2, 0) is 10.2 Å². The number of nitrogens with two attached hydrogens (primary N) is 1. The lowest BCUT2D eigenvalue weighted by atomic mass is 9.94. The first-order valence-electron chi connectivity index (χ1n) is 10.1. The van der Waals surface area contributed by atoms with E-state index in [2.05, 4.69) is 18.3 Å². The molecule has 0 aromatic heterocycles. The zero-order valence-corrected chi connectivity index (χ0v) is 17.1. The van der Waals surface area contributed by atoms with Gasteiger partial charge >= 0.3 is 0 Å². The average molecular weight is 402 g/mol. The maximum atomic E-state index is 13.2. The number of nitrogens with one attached hydrogen (secondary N) is 1. The molecule has 1 heterocycles. The summed E-state index contributed by atoms with van der Waals surface area (Å²) < 4.78 is 10.9. The van der Waals surface area contributed by atoms with Crippen LogP contribution in [0.5, 0.6) is 11.5 Å². The lowest BCUT2D eigenvalue weighted by Gasteiger charge is -2.17. The lowest BCUT2D eigenvalue weighted by Crippen LogP contribution is -2.27. The van der Waals surface area contributed by atoms with Crippen LogP contribution in [0.1, 0.15) is 31.0 Å². The second-order valence-corrected chi connectivity index (χ2v) is 8.21. The molecule has 0 saturated heterocycles. The largest absolute Gasteiger partial charge is 0.454 e. The van der Waals surface area contributed by atoms with Crippen molar-refractivity contribution in [2.75, 3.05) is 17.8 Å². The monoisotopic (exact) mass is 402 g/mol. The molecule has 1 aliphatic carbocycles. The Kier molecular flexibility index (Phi) is 4.21. The van der Waals surface area contributed by atoms with Crippen molar-refractivity contribution in [3.63, 3.8) is 0 Å². The highest BCUT2D eigenvalue weighted by molar-refractivity contribution is 6.02. The third-order valence-corrected chi connectivity index (χ3v) is 6.20. The predicted octanol–water partition coefficient (Wildman–Crippen LogP) is 5.20. The standard InChI is InChI=1S/C25H24N2O3.H2/c1-15-4-7-19(13-20(15)17-5-3-16(2)21(26)11-17)27-24(28)25(9-10-25)18-6-8-22-23(12-18)30-14-29-22;/h3-8,11-13H,9-10,14,26H2,1-2H3,(H,27,28);1H. The first-order valence-corrected chi connectivity index (χ1v) is 10.1. The summed E-state index contributed by atoms with van der Waals surface area (Å²) in [6.45, 7) is 4.29. The SMILES string of the molecule is Cc1ccc(-c2cc(NC(=O)C3(c4ccc5c(c4)OCO5)CC3)ccc2C)cc1N.[HH]. The van der Waals surface area contributed by atoms with Gasteiger partial charge in [0.15, 0.2) is 11.5 Å². The maximum absolute atomic E-state index is 13.2. The number of aryl methyl sites for hydroxylation is 2. The van der Waals surface area contributed by atoms with Gasteiger partial charge in [0.1, 0.15) is 0 Å². The van der Waals surface area contributed by atoms with Gasteiger partial charge in [0.25, 0.3) is 0 Å². The Hall–Kier alpha value is -3.47. The summed E-state index contributed by atoms with van der Waals surface area (Å²) in [4.78, 5) is 13.2. The predicted molar refractivity (Wildman–Crippen MR) is 120 cm³/mol. The molecule has 5 nitrogen and oxygen atoms in total. The summed E-state index contributed by atoms with van der Waals surface area (Å²) in [7, 11) is 0. The summed E-state index contributed by atoms with van der Waals surface area (Å²) in [5.41, 5.74) is 12.4. The summed E-state index contributed by atoms with van der Waals surface area (Å²) in [6.07, 6.45) is 1.65. The number of amides is 1. The third-order valence-electron chi connectivity index (χ3n) is 6.20. The molecule has 0 bridgehead atoms. The first kappa shape index (κ1) is 18.6. The molecule has 1 fully saturated rings. The third kappa shape index (κ3) is 3.07. The molecule has 0 spiro atoms. The summed E-state index contributed by atoms with van der Waals surface area (Å²) in [5, 5.41) is 3.13. The molecule has 5 rings (SSSR count). The topological polar surface area (TPSA) is 73.6 Å². The van der Waals surface area contributed by atoms with Crippen molar-refractivity contribution in [2.45, 2.75) is 32.1 Å². The number of rotatable bonds is 4. The summed E-state index contributed by atoms with van der Waals surface area (Å²) >= 11 is 0.